The number of benzene rings is 1. The lowest BCUT2D eigenvalue weighted by atomic mass is 10.1. The molecule has 0 aliphatic rings. The molecule has 0 atom stereocenters. The van der Waals surface area contributed by atoms with Crippen LogP contribution in [0.4, 0.5) is 5.69 Å². The number of aromatic nitrogens is 2. The Morgan fingerprint density at radius 2 is 1.86 bits per heavy atom. The SMILES string of the molecule is Cc1nnc(CNC(=O)C(=O)Nc2ccc(C)c(C)c2)o1. The zero-order chi connectivity index (χ0) is 15.4. The third-order valence-corrected chi connectivity index (χ3v) is 2.94. The zero-order valence-electron chi connectivity index (χ0n) is 12.1. The van der Waals surface area contributed by atoms with Crippen LogP contribution in [0.15, 0.2) is 22.6 Å². The minimum atomic E-state index is -0.760. The van der Waals surface area contributed by atoms with Gasteiger partial charge in [0.05, 0.1) is 6.54 Å². The molecular weight excluding hydrogens is 272 g/mol. The van der Waals surface area contributed by atoms with Crippen molar-refractivity contribution in [2.45, 2.75) is 27.3 Å². The fourth-order valence-corrected chi connectivity index (χ4v) is 1.65. The third kappa shape index (κ3) is 3.88. The van der Waals surface area contributed by atoms with Crippen LogP contribution in [-0.4, -0.2) is 22.0 Å². The first-order valence-corrected chi connectivity index (χ1v) is 6.41. The monoisotopic (exact) mass is 288 g/mol. The standard InChI is InChI=1S/C14H16N4O3/c1-8-4-5-11(6-9(8)2)16-14(20)13(19)15-7-12-18-17-10(3)21-12/h4-6H,7H2,1-3H3,(H,15,19)(H,16,20). The number of anilines is 1. The van der Waals surface area contributed by atoms with Gasteiger partial charge in [-0.25, -0.2) is 0 Å². The smallest absolute Gasteiger partial charge is 0.313 e. The maximum atomic E-state index is 11.7. The number of hydrogen-bond donors (Lipinski definition) is 2. The van der Waals surface area contributed by atoms with Crippen LogP contribution in [0.1, 0.15) is 22.9 Å². The Bertz CT molecular complexity index is 679. The molecular formula is C14H16N4O3. The summed E-state index contributed by atoms with van der Waals surface area (Å²) in [4.78, 5) is 23.4. The Hall–Kier alpha value is -2.70. The van der Waals surface area contributed by atoms with E-state index < -0.39 is 11.8 Å². The highest BCUT2D eigenvalue weighted by atomic mass is 16.4. The lowest BCUT2D eigenvalue weighted by molar-refractivity contribution is -0.136. The van der Waals surface area contributed by atoms with E-state index in [-0.39, 0.29) is 12.4 Å². The fraction of sp³-hybridized carbons (Fsp3) is 0.286. The summed E-state index contributed by atoms with van der Waals surface area (Å²) < 4.78 is 5.09. The lowest BCUT2D eigenvalue weighted by Crippen LogP contribution is -2.35. The van der Waals surface area contributed by atoms with Gasteiger partial charge in [-0.1, -0.05) is 6.07 Å². The first kappa shape index (κ1) is 14.7. The molecule has 1 heterocycles. The highest BCUT2D eigenvalue weighted by Gasteiger charge is 2.14. The quantitative estimate of drug-likeness (QED) is 0.828. The van der Waals surface area contributed by atoms with Gasteiger partial charge in [0.1, 0.15) is 0 Å². The molecule has 0 aliphatic carbocycles. The van der Waals surface area contributed by atoms with Crippen molar-refractivity contribution in [2.24, 2.45) is 0 Å². The molecule has 2 rings (SSSR count). The minimum Gasteiger partial charge on any atom is -0.424 e. The number of carbonyl (C=O) groups is 2. The van der Waals surface area contributed by atoms with Gasteiger partial charge in [0, 0.05) is 12.6 Å². The number of hydrogen-bond acceptors (Lipinski definition) is 5. The highest BCUT2D eigenvalue weighted by Crippen LogP contribution is 2.13. The summed E-state index contributed by atoms with van der Waals surface area (Å²) in [7, 11) is 0. The Labute approximate surface area is 121 Å². The predicted octanol–water partition coefficient (Wildman–Crippen LogP) is 1.25. The maximum absolute atomic E-state index is 11.7. The molecule has 1 aromatic heterocycles. The normalized spacial score (nSPS) is 10.2. The van der Waals surface area contributed by atoms with E-state index in [4.69, 9.17) is 4.42 Å². The molecule has 0 fully saturated rings. The summed E-state index contributed by atoms with van der Waals surface area (Å²) in [6.07, 6.45) is 0. The van der Waals surface area contributed by atoms with E-state index in [9.17, 15) is 9.59 Å². The van der Waals surface area contributed by atoms with Gasteiger partial charge in [-0.15, -0.1) is 10.2 Å². The number of aryl methyl sites for hydroxylation is 3. The summed E-state index contributed by atoms with van der Waals surface area (Å²) in [5.74, 6) is -0.850. The first-order chi connectivity index (χ1) is 9.95. The second-order valence-corrected chi connectivity index (χ2v) is 4.65. The topological polar surface area (TPSA) is 97.1 Å². The van der Waals surface area contributed by atoms with Crippen molar-refractivity contribution in [2.75, 3.05) is 5.32 Å². The fourth-order valence-electron chi connectivity index (χ4n) is 1.65. The number of rotatable bonds is 3. The van der Waals surface area contributed by atoms with Crippen molar-refractivity contribution in [3.63, 3.8) is 0 Å². The van der Waals surface area contributed by atoms with Gasteiger partial charge in [-0.2, -0.15) is 0 Å². The molecule has 0 aliphatic heterocycles. The van der Waals surface area contributed by atoms with Gasteiger partial charge in [0.2, 0.25) is 11.8 Å². The van der Waals surface area contributed by atoms with Crippen LogP contribution in [0.2, 0.25) is 0 Å². The average molecular weight is 288 g/mol. The summed E-state index contributed by atoms with van der Waals surface area (Å²) in [5, 5.41) is 12.3. The Morgan fingerprint density at radius 3 is 2.48 bits per heavy atom. The predicted molar refractivity (Wildman–Crippen MR) is 75.4 cm³/mol. The van der Waals surface area contributed by atoms with Gasteiger partial charge < -0.3 is 15.1 Å². The Balaban J connectivity index is 1.90. The van der Waals surface area contributed by atoms with E-state index in [1.165, 1.54) is 0 Å². The number of carbonyl (C=O) groups excluding carboxylic acids is 2. The summed E-state index contributed by atoms with van der Waals surface area (Å²) in [6.45, 7) is 5.56. The van der Waals surface area contributed by atoms with Crippen LogP contribution >= 0.6 is 0 Å². The third-order valence-electron chi connectivity index (χ3n) is 2.94. The molecule has 0 spiro atoms. The Kier molecular flexibility index (Phi) is 4.32. The van der Waals surface area contributed by atoms with Crippen LogP contribution < -0.4 is 10.6 Å². The Morgan fingerprint density at radius 1 is 1.10 bits per heavy atom. The van der Waals surface area contributed by atoms with Gasteiger partial charge in [0.15, 0.2) is 0 Å². The van der Waals surface area contributed by atoms with Crippen LogP contribution in [0.25, 0.3) is 0 Å². The van der Waals surface area contributed by atoms with Crippen LogP contribution in [0.5, 0.6) is 0 Å². The largest absolute Gasteiger partial charge is 0.424 e. The maximum Gasteiger partial charge on any atom is 0.313 e. The molecule has 2 N–H and O–H groups in total. The highest BCUT2D eigenvalue weighted by molar-refractivity contribution is 6.39. The summed E-state index contributed by atoms with van der Waals surface area (Å²) in [5.41, 5.74) is 2.73. The van der Waals surface area contributed by atoms with Gasteiger partial charge in [-0.05, 0) is 37.1 Å². The van der Waals surface area contributed by atoms with E-state index in [0.29, 0.717) is 11.6 Å². The molecule has 0 saturated carbocycles. The molecule has 0 bridgehead atoms. The molecule has 1 aromatic carbocycles. The van der Waals surface area contributed by atoms with Crippen molar-refractivity contribution in [3.05, 3.63) is 41.1 Å². The zero-order valence-corrected chi connectivity index (χ0v) is 12.1. The van der Waals surface area contributed by atoms with Crippen LogP contribution in [-0.2, 0) is 16.1 Å². The van der Waals surface area contributed by atoms with Gasteiger partial charge in [-0.3, -0.25) is 9.59 Å². The molecule has 7 heteroatoms. The molecule has 7 nitrogen and oxygen atoms in total. The van der Waals surface area contributed by atoms with Crippen molar-refractivity contribution in [1.82, 2.24) is 15.5 Å². The molecule has 21 heavy (non-hydrogen) atoms. The molecule has 0 unspecified atom stereocenters. The lowest BCUT2D eigenvalue weighted by Gasteiger charge is -2.07. The second kappa shape index (κ2) is 6.17. The van der Waals surface area contributed by atoms with E-state index in [2.05, 4.69) is 20.8 Å². The van der Waals surface area contributed by atoms with Gasteiger partial charge in [0.25, 0.3) is 0 Å². The molecule has 0 radical (unpaired) electrons. The summed E-state index contributed by atoms with van der Waals surface area (Å²) >= 11 is 0. The van der Waals surface area contributed by atoms with E-state index in [0.717, 1.165) is 11.1 Å². The van der Waals surface area contributed by atoms with Crippen molar-refractivity contribution >= 4 is 17.5 Å². The van der Waals surface area contributed by atoms with E-state index in [1.807, 2.05) is 26.0 Å². The van der Waals surface area contributed by atoms with Crippen LogP contribution in [0, 0.1) is 20.8 Å². The van der Waals surface area contributed by atoms with E-state index in [1.54, 1.807) is 13.0 Å². The number of nitrogens with zero attached hydrogens (tertiary/aromatic N) is 2. The van der Waals surface area contributed by atoms with E-state index >= 15 is 0 Å². The van der Waals surface area contributed by atoms with Crippen molar-refractivity contribution in [3.8, 4) is 0 Å². The molecule has 2 amide bonds. The van der Waals surface area contributed by atoms with Crippen molar-refractivity contribution in [1.29, 1.82) is 0 Å². The number of nitrogens with one attached hydrogen (secondary N) is 2. The van der Waals surface area contributed by atoms with Gasteiger partial charge >= 0.3 is 11.8 Å². The first-order valence-electron chi connectivity index (χ1n) is 6.41. The molecule has 0 saturated heterocycles. The average Bonchev–Trinajstić information content (AvgIpc) is 2.86. The van der Waals surface area contributed by atoms with Crippen LogP contribution in [0.3, 0.4) is 0 Å². The second-order valence-electron chi connectivity index (χ2n) is 4.65. The molecule has 110 valence electrons. The minimum absolute atomic E-state index is 0.0139. The number of amides is 2. The van der Waals surface area contributed by atoms with Crippen molar-refractivity contribution < 1.29 is 14.0 Å². The molecule has 2 aromatic rings. The summed E-state index contributed by atoms with van der Waals surface area (Å²) in [6, 6.07) is 5.43.